The summed E-state index contributed by atoms with van der Waals surface area (Å²) in [6.45, 7) is 4.38. The van der Waals surface area contributed by atoms with Crippen molar-refractivity contribution in [2.75, 3.05) is 19.8 Å². The first-order valence-corrected chi connectivity index (χ1v) is 12.5. The average Bonchev–Trinajstić information content (AvgIpc) is 3.65. The van der Waals surface area contributed by atoms with Crippen molar-refractivity contribution in [3.05, 3.63) is 65.2 Å². The highest BCUT2D eigenvalue weighted by molar-refractivity contribution is 6.30. The Kier molecular flexibility index (Phi) is 8.62. The molecule has 3 aromatic rings. The molecule has 4 rings (SSSR count). The summed E-state index contributed by atoms with van der Waals surface area (Å²) in [6.07, 6.45) is 3.84. The third kappa shape index (κ3) is 6.60. The van der Waals surface area contributed by atoms with Gasteiger partial charge in [0, 0.05) is 43.4 Å². The molecule has 1 heterocycles. The van der Waals surface area contributed by atoms with E-state index >= 15 is 0 Å². The van der Waals surface area contributed by atoms with E-state index in [1.807, 2.05) is 49.5 Å². The minimum atomic E-state index is -0.532. The monoisotopic (exact) mass is 483 g/mol. The van der Waals surface area contributed by atoms with E-state index in [2.05, 4.69) is 24.0 Å². The summed E-state index contributed by atoms with van der Waals surface area (Å²) >= 11 is 6.06. The van der Waals surface area contributed by atoms with Crippen molar-refractivity contribution in [1.29, 1.82) is 0 Å². The highest BCUT2D eigenvalue weighted by Crippen LogP contribution is 2.37. The number of aliphatic hydroxyl groups excluding tert-OH is 1. The number of aliphatic hydroxyl groups is 1. The predicted octanol–water partition coefficient (Wildman–Crippen LogP) is 5.67. The normalized spacial score (nSPS) is 14.5. The number of hydrogen-bond acceptors (Lipinski definition) is 5. The molecule has 0 spiro atoms. The van der Waals surface area contributed by atoms with E-state index in [1.165, 1.54) is 0 Å². The van der Waals surface area contributed by atoms with Gasteiger partial charge in [-0.15, -0.1) is 0 Å². The molecule has 0 radical (unpaired) electrons. The number of nitrogens with zero attached hydrogens (tertiary/aromatic N) is 3. The molecule has 1 N–H and O–H groups in total. The number of rotatable bonds is 13. The molecule has 1 aliphatic carbocycles. The molecular formula is C27H34ClN3O3. The van der Waals surface area contributed by atoms with Gasteiger partial charge < -0.3 is 14.6 Å². The second kappa shape index (κ2) is 11.8. The predicted molar refractivity (Wildman–Crippen MR) is 135 cm³/mol. The van der Waals surface area contributed by atoms with Crippen molar-refractivity contribution in [2.45, 2.75) is 51.3 Å². The lowest BCUT2D eigenvalue weighted by Gasteiger charge is -2.25. The van der Waals surface area contributed by atoms with Crippen LogP contribution in [0, 0.1) is 0 Å². The van der Waals surface area contributed by atoms with Crippen molar-refractivity contribution in [3.8, 4) is 22.9 Å². The van der Waals surface area contributed by atoms with E-state index in [0.717, 1.165) is 42.5 Å². The van der Waals surface area contributed by atoms with Gasteiger partial charge in [0.1, 0.15) is 11.4 Å². The van der Waals surface area contributed by atoms with E-state index in [9.17, 15) is 5.11 Å². The molecule has 1 saturated carbocycles. The Balaban J connectivity index is 1.59. The maximum Gasteiger partial charge on any atom is 0.222 e. The van der Waals surface area contributed by atoms with Crippen molar-refractivity contribution in [1.82, 2.24) is 14.7 Å². The molecule has 0 amide bonds. The molecular weight excluding hydrogens is 450 g/mol. The molecule has 34 heavy (non-hydrogen) atoms. The number of unbranched alkanes of at least 4 members (excludes halogenated alkanes) is 1. The third-order valence-electron chi connectivity index (χ3n) is 5.99. The van der Waals surface area contributed by atoms with Crippen molar-refractivity contribution < 1.29 is 14.6 Å². The second-order valence-electron chi connectivity index (χ2n) is 8.92. The lowest BCUT2D eigenvalue weighted by molar-refractivity contribution is 0.0127. The molecule has 1 atom stereocenters. The Hall–Kier alpha value is -2.38. The summed E-state index contributed by atoms with van der Waals surface area (Å²) in [5.41, 5.74) is 2.94. The van der Waals surface area contributed by atoms with Crippen LogP contribution in [0.5, 0.6) is 11.6 Å². The number of aromatic nitrogens is 2. The summed E-state index contributed by atoms with van der Waals surface area (Å²) < 4.78 is 13.8. The van der Waals surface area contributed by atoms with Gasteiger partial charge in [0.2, 0.25) is 5.88 Å². The molecule has 0 saturated heterocycles. The van der Waals surface area contributed by atoms with Crippen LogP contribution in [0.15, 0.2) is 54.6 Å². The Labute approximate surface area is 207 Å². The summed E-state index contributed by atoms with van der Waals surface area (Å²) in [6, 6.07) is 18.0. The van der Waals surface area contributed by atoms with Crippen LogP contribution in [-0.2, 0) is 18.3 Å². The number of benzene rings is 2. The molecule has 7 heteroatoms. The first-order chi connectivity index (χ1) is 16.5. The molecule has 182 valence electrons. The standard InChI is InChI=1S/C27H34ClN3O3/c1-3-4-16-33-19-23(32)17-31(22-12-13-22)18-25-26(20-8-6-5-7-9-20)29-30(2)27(25)34-24-14-10-21(28)11-15-24/h5-11,14-15,22-23,32H,3-4,12-13,16-19H2,1-2H3. The van der Waals surface area contributed by atoms with E-state index in [-0.39, 0.29) is 0 Å². The molecule has 0 aliphatic heterocycles. The zero-order valence-electron chi connectivity index (χ0n) is 20.0. The van der Waals surface area contributed by atoms with Gasteiger partial charge in [-0.1, -0.05) is 55.3 Å². The van der Waals surface area contributed by atoms with Gasteiger partial charge in [-0.3, -0.25) is 4.90 Å². The average molecular weight is 484 g/mol. The van der Waals surface area contributed by atoms with E-state index in [4.69, 9.17) is 26.2 Å². The van der Waals surface area contributed by atoms with Crippen LogP contribution in [-0.4, -0.2) is 51.7 Å². The highest BCUT2D eigenvalue weighted by atomic mass is 35.5. The van der Waals surface area contributed by atoms with Gasteiger partial charge in [-0.2, -0.15) is 5.10 Å². The molecule has 2 aromatic carbocycles. The molecule has 0 bridgehead atoms. The summed E-state index contributed by atoms with van der Waals surface area (Å²) in [4.78, 5) is 2.34. The fraction of sp³-hybridized carbons (Fsp3) is 0.444. The van der Waals surface area contributed by atoms with Gasteiger partial charge in [0.25, 0.3) is 0 Å². The van der Waals surface area contributed by atoms with Gasteiger partial charge >= 0.3 is 0 Å². The van der Waals surface area contributed by atoms with Gasteiger partial charge in [-0.25, -0.2) is 4.68 Å². The zero-order valence-corrected chi connectivity index (χ0v) is 20.7. The fourth-order valence-electron chi connectivity index (χ4n) is 4.04. The zero-order chi connectivity index (χ0) is 23.9. The second-order valence-corrected chi connectivity index (χ2v) is 9.36. The first-order valence-electron chi connectivity index (χ1n) is 12.1. The van der Waals surface area contributed by atoms with Gasteiger partial charge in [0.15, 0.2) is 0 Å². The van der Waals surface area contributed by atoms with Gasteiger partial charge in [-0.05, 0) is 43.5 Å². The van der Waals surface area contributed by atoms with Crippen LogP contribution in [0.3, 0.4) is 0 Å². The summed E-state index contributed by atoms with van der Waals surface area (Å²) in [5.74, 6) is 1.40. The SMILES string of the molecule is CCCCOCC(O)CN(Cc1c(-c2ccccc2)nn(C)c1Oc1ccc(Cl)cc1)C1CC1. The van der Waals surface area contributed by atoms with Crippen molar-refractivity contribution >= 4 is 11.6 Å². The van der Waals surface area contributed by atoms with Crippen LogP contribution in [0.1, 0.15) is 38.2 Å². The number of ether oxygens (including phenoxy) is 2. The summed E-state index contributed by atoms with van der Waals surface area (Å²) in [5, 5.41) is 16.2. The third-order valence-corrected chi connectivity index (χ3v) is 6.24. The fourth-order valence-corrected chi connectivity index (χ4v) is 4.17. The smallest absolute Gasteiger partial charge is 0.222 e. The Bertz CT molecular complexity index is 1040. The van der Waals surface area contributed by atoms with E-state index < -0.39 is 6.10 Å². The Morgan fingerprint density at radius 3 is 2.56 bits per heavy atom. The minimum Gasteiger partial charge on any atom is -0.439 e. The number of aryl methyl sites for hydroxylation is 1. The Morgan fingerprint density at radius 2 is 1.88 bits per heavy atom. The lowest BCUT2D eigenvalue weighted by atomic mass is 10.1. The maximum atomic E-state index is 10.7. The molecule has 1 fully saturated rings. The quantitative estimate of drug-likeness (QED) is 0.317. The molecule has 1 aromatic heterocycles. The minimum absolute atomic E-state index is 0.357. The van der Waals surface area contributed by atoms with Crippen LogP contribution in [0.2, 0.25) is 5.02 Å². The van der Waals surface area contributed by atoms with Crippen LogP contribution in [0.4, 0.5) is 0 Å². The molecule has 1 unspecified atom stereocenters. The number of hydrogen-bond donors (Lipinski definition) is 1. The molecule has 6 nitrogen and oxygen atoms in total. The van der Waals surface area contributed by atoms with Gasteiger partial charge in [0.05, 0.1) is 18.3 Å². The van der Waals surface area contributed by atoms with Crippen molar-refractivity contribution in [2.24, 2.45) is 7.05 Å². The largest absolute Gasteiger partial charge is 0.439 e. The van der Waals surface area contributed by atoms with Crippen molar-refractivity contribution in [3.63, 3.8) is 0 Å². The maximum absolute atomic E-state index is 10.7. The Morgan fingerprint density at radius 1 is 1.15 bits per heavy atom. The van der Waals surface area contributed by atoms with E-state index in [0.29, 0.717) is 49.0 Å². The van der Waals surface area contributed by atoms with E-state index in [1.54, 1.807) is 4.68 Å². The van der Waals surface area contributed by atoms with Crippen LogP contribution >= 0.6 is 11.6 Å². The highest BCUT2D eigenvalue weighted by Gasteiger charge is 2.33. The van der Waals surface area contributed by atoms with Crippen LogP contribution < -0.4 is 4.74 Å². The lowest BCUT2D eigenvalue weighted by Crippen LogP contribution is -2.36. The first kappa shape index (κ1) is 24.7. The topological polar surface area (TPSA) is 59.8 Å². The van der Waals surface area contributed by atoms with Crippen LogP contribution in [0.25, 0.3) is 11.3 Å². The summed E-state index contributed by atoms with van der Waals surface area (Å²) in [7, 11) is 1.90. The molecule has 1 aliphatic rings. The number of halogens is 1.